The van der Waals surface area contributed by atoms with Crippen molar-refractivity contribution in [3.05, 3.63) is 39.9 Å². The number of non-ortho nitro benzene ring substituents is 1. The Morgan fingerprint density at radius 3 is 2.38 bits per heavy atom. The van der Waals surface area contributed by atoms with E-state index in [1.807, 2.05) is 0 Å². The fraction of sp³-hybridized carbons (Fsp3) is 0.444. The number of nitro benzene ring substituents is 1. The Morgan fingerprint density at radius 1 is 1.24 bits per heavy atom. The van der Waals surface area contributed by atoms with Gasteiger partial charge in [-0.3, -0.25) is 24.5 Å². The Kier molecular flexibility index (Phi) is 7.23. The summed E-state index contributed by atoms with van der Waals surface area (Å²) in [5.41, 5.74) is 0.227. The van der Waals surface area contributed by atoms with Gasteiger partial charge in [-0.1, -0.05) is 12.1 Å². The minimum absolute atomic E-state index is 0.169. The lowest BCUT2D eigenvalue weighted by Crippen LogP contribution is -2.51. The summed E-state index contributed by atoms with van der Waals surface area (Å²) in [5.74, 6) is -3.23. The maximum Gasteiger partial charge on any atom is 0.329 e. The van der Waals surface area contributed by atoms with Gasteiger partial charge in [0.05, 0.1) is 25.6 Å². The average Bonchev–Trinajstić information content (AvgIpc) is 3.16. The number of carbonyl (C=O) groups is 4. The zero-order valence-electron chi connectivity index (χ0n) is 15.9. The third-order valence-electron chi connectivity index (χ3n) is 4.61. The summed E-state index contributed by atoms with van der Waals surface area (Å²) >= 11 is 0. The molecule has 2 amide bonds. The smallest absolute Gasteiger partial charge is 0.329 e. The van der Waals surface area contributed by atoms with Crippen molar-refractivity contribution in [2.24, 2.45) is 0 Å². The number of amides is 2. The van der Waals surface area contributed by atoms with Crippen molar-refractivity contribution >= 4 is 29.4 Å². The molecule has 1 aliphatic heterocycles. The van der Waals surface area contributed by atoms with Gasteiger partial charge in [-0.05, 0) is 12.0 Å². The molecule has 0 aliphatic carbocycles. The molecule has 2 N–H and O–H groups in total. The van der Waals surface area contributed by atoms with Crippen molar-refractivity contribution in [2.75, 3.05) is 14.2 Å². The number of nitro groups is 1. The van der Waals surface area contributed by atoms with Crippen LogP contribution in [-0.2, 0) is 28.7 Å². The average molecular weight is 407 g/mol. The van der Waals surface area contributed by atoms with E-state index in [-0.39, 0.29) is 30.9 Å². The molecule has 11 nitrogen and oxygen atoms in total. The maximum absolute atomic E-state index is 12.5. The lowest BCUT2D eigenvalue weighted by atomic mass is 9.88. The van der Waals surface area contributed by atoms with E-state index in [0.717, 1.165) is 7.11 Å². The van der Waals surface area contributed by atoms with Gasteiger partial charge in [0, 0.05) is 24.5 Å². The van der Waals surface area contributed by atoms with Crippen LogP contribution in [0.15, 0.2) is 24.3 Å². The van der Waals surface area contributed by atoms with Crippen LogP contribution in [0.5, 0.6) is 0 Å². The van der Waals surface area contributed by atoms with E-state index in [4.69, 9.17) is 4.74 Å². The Hall–Kier alpha value is -3.50. The molecule has 1 fully saturated rings. The quantitative estimate of drug-likeness (QED) is 0.351. The van der Waals surface area contributed by atoms with Gasteiger partial charge in [0.1, 0.15) is 12.1 Å². The summed E-state index contributed by atoms with van der Waals surface area (Å²) in [5, 5.41) is 15.9. The molecule has 0 unspecified atom stereocenters. The van der Waals surface area contributed by atoms with Gasteiger partial charge < -0.3 is 20.1 Å². The molecule has 1 saturated heterocycles. The molecule has 0 aromatic heterocycles. The third-order valence-corrected chi connectivity index (χ3v) is 4.61. The SMILES string of the molecule is COC(=O)C[C@@H](c1ccc([N+](=O)[O-])cc1)[C@@H](NC(=O)[C@H]1CCC(=O)N1)C(=O)OC. The molecule has 0 spiro atoms. The van der Waals surface area contributed by atoms with Crippen molar-refractivity contribution in [1.82, 2.24) is 10.6 Å². The van der Waals surface area contributed by atoms with Crippen LogP contribution in [-0.4, -0.2) is 55.0 Å². The highest BCUT2D eigenvalue weighted by molar-refractivity contribution is 5.93. The summed E-state index contributed by atoms with van der Waals surface area (Å²) < 4.78 is 9.45. The number of hydrogen-bond donors (Lipinski definition) is 2. The molecule has 29 heavy (non-hydrogen) atoms. The molecule has 0 radical (unpaired) electrons. The number of esters is 2. The van der Waals surface area contributed by atoms with Gasteiger partial charge in [-0.25, -0.2) is 4.79 Å². The van der Waals surface area contributed by atoms with Crippen LogP contribution >= 0.6 is 0 Å². The van der Waals surface area contributed by atoms with Crippen molar-refractivity contribution in [1.29, 1.82) is 0 Å². The van der Waals surface area contributed by atoms with Gasteiger partial charge in [0.2, 0.25) is 11.8 Å². The predicted molar refractivity (Wildman–Crippen MR) is 97.6 cm³/mol. The summed E-state index contributed by atoms with van der Waals surface area (Å²) in [4.78, 5) is 58.5. The van der Waals surface area contributed by atoms with E-state index in [2.05, 4.69) is 15.4 Å². The summed E-state index contributed by atoms with van der Waals surface area (Å²) in [6, 6.07) is 3.17. The number of carbonyl (C=O) groups excluding carboxylic acids is 4. The monoisotopic (exact) mass is 407 g/mol. The van der Waals surface area contributed by atoms with E-state index in [9.17, 15) is 29.3 Å². The van der Waals surface area contributed by atoms with Crippen molar-refractivity contribution in [3.8, 4) is 0 Å². The largest absolute Gasteiger partial charge is 0.469 e. The number of ether oxygens (including phenoxy) is 2. The number of benzene rings is 1. The Bertz CT molecular complexity index is 808. The fourth-order valence-electron chi connectivity index (χ4n) is 3.05. The van der Waals surface area contributed by atoms with Gasteiger partial charge in [-0.15, -0.1) is 0 Å². The summed E-state index contributed by atoms with van der Waals surface area (Å²) in [6.07, 6.45) is 0.179. The maximum atomic E-state index is 12.5. The van der Waals surface area contributed by atoms with E-state index in [1.165, 1.54) is 31.4 Å². The second kappa shape index (κ2) is 9.62. The first-order valence-electron chi connectivity index (χ1n) is 8.75. The van der Waals surface area contributed by atoms with Crippen LogP contribution in [0.1, 0.15) is 30.7 Å². The zero-order valence-corrected chi connectivity index (χ0v) is 15.9. The standard InChI is InChI=1S/C18H21N3O8/c1-28-15(23)9-12(10-3-5-11(6-4-10)21(26)27)16(18(25)29-2)20-17(24)13-7-8-14(22)19-13/h3-6,12-13,16H,7-9H2,1-2H3,(H,19,22)(H,20,24)/t12-,13+,16+/m0/s1. The fourth-order valence-corrected chi connectivity index (χ4v) is 3.05. The molecule has 2 rings (SSSR count). The van der Waals surface area contributed by atoms with Crippen LogP contribution < -0.4 is 10.6 Å². The normalized spacial score (nSPS) is 17.6. The molecular formula is C18H21N3O8. The van der Waals surface area contributed by atoms with Crippen LogP contribution in [0.25, 0.3) is 0 Å². The van der Waals surface area contributed by atoms with Crippen LogP contribution in [0.3, 0.4) is 0 Å². The molecule has 156 valence electrons. The second-order valence-electron chi connectivity index (χ2n) is 6.40. The third kappa shape index (κ3) is 5.50. The lowest BCUT2D eigenvalue weighted by Gasteiger charge is -2.27. The molecule has 1 aromatic carbocycles. The highest BCUT2D eigenvalue weighted by atomic mass is 16.6. The first-order chi connectivity index (χ1) is 13.8. The van der Waals surface area contributed by atoms with Gasteiger partial charge in [0.15, 0.2) is 0 Å². The number of rotatable bonds is 8. The highest BCUT2D eigenvalue weighted by Crippen LogP contribution is 2.27. The van der Waals surface area contributed by atoms with E-state index < -0.39 is 40.8 Å². The summed E-state index contributed by atoms with van der Waals surface area (Å²) in [6.45, 7) is 0. The van der Waals surface area contributed by atoms with Crippen LogP contribution in [0, 0.1) is 10.1 Å². The molecule has 0 bridgehead atoms. The number of hydrogen-bond acceptors (Lipinski definition) is 8. The Balaban J connectivity index is 2.34. The first kappa shape index (κ1) is 21.8. The predicted octanol–water partition coefficient (Wildman–Crippen LogP) is 0.178. The van der Waals surface area contributed by atoms with E-state index >= 15 is 0 Å². The number of methoxy groups -OCH3 is 2. The molecular weight excluding hydrogens is 386 g/mol. The highest BCUT2D eigenvalue weighted by Gasteiger charge is 2.37. The minimum atomic E-state index is -1.27. The van der Waals surface area contributed by atoms with E-state index in [0.29, 0.717) is 5.56 Å². The molecule has 3 atom stereocenters. The minimum Gasteiger partial charge on any atom is -0.469 e. The van der Waals surface area contributed by atoms with Crippen molar-refractivity contribution in [2.45, 2.75) is 37.3 Å². The Labute approximate surface area is 165 Å². The number of nitrogens with zero attached hydrogens (tertiary/aromatic N) is 1. The van der Waals surface area contributed by atoms with E-state index in [1.54, 1.807) is 0 Å². The van der Waals surface area contributed by atoms with Crippen molar-refractivity contribution in [3.63, 3.8) is 0 Å². The lowest BCUT2D eigenvalue weighted by molar-refractivity contribution is -0.384. The van der Waals surface area contributed by atoms with Crippen LogP contribution in [0.4, 0.5) is 5.69 Å². The van der Waals surface area contributed by atoms with Crippen LogP contribution in [0.2, 0.25) is 0 Å². The van der Waals surface area contributed by atoms with Gasteiger partial charge in [0.25, 0.3) is 5.69 Å². The van der Waals surface area contributed by atoms with Crippen molar-refractivity contribution < 1.29 is 33.6 Å². The van der Waals surface area contributed by atoms with Gasteiger partial charge >= 0.3 is 11.9 Å². The molecule has 1 heterocycles. The molecule has 1 aliphatic rings. The topological polar surface area (TPSA) is 154 Å². The molecule has 1 aromatic rings. The molecule has 0 saturated carbocycles. The summed E-state index contributed by atoms with van der Waals surface area (Å²) in [7, 11) is 2.30. The number of nitrogens with one attached hydrogen (secondary N) is 2. The Morgan fingerprint density at radius 2 is 1.90 bits per heavy atom. The molecule has 11 heteroatoms. The van der Waals surface area contributed by atoms with Gasteiger partial charge in [-0.2, -0.15) is 0 Å². The first-order valence-corrected chi connectivity index (χ1v) is 8.75. The second-order valence-corrected chi connectivity index (χ2v) is 6.40. The zero-order chi connectivity index (χ0) is 21.6.